The minimum atomic E-state index is -0.186. The van der Waals surface area contributed by atoms with Gasteiger partial charge < -0.3 is 10.3 Å². The standard InChI is InChI=1S/C13H18N4O/c1-3-9(2)12(14)13-16-11(17-18-13)8-10-4-6-15-7-5-10/h4-7,9,12H,3,8,14H2,1-2H3/t9?,12-/m0/s1. The first-order valence-electron chi connectivity index (χ1n) is 6.17. The third-order valence-corrected chi connectivity index (χ3v) is 3.14. The fraction of sp³-hybridized carbons (Fsp3) is 0.462. The van der Waals surface area contributed by atoms with E-state index in [4.69, 9.17) is 10.3 Å². The lowest BCUT2D eigenvalue weighted by Gasteiger charge is -2.12. The maximum absolute atomic E-state index is 6.05. The Balaban J connectivity index is 2.07. The van der Waals surface area contributed by atoms with Crippen LogP contribution in [-0.4, -0.2) is 15.1 Å². The van der Waals surface area contributed by atoms with E-state index in [2.05, 4.69) is 29.0 Å². The molecule has 2 rings (SSSR count). The van der Waals surface area contributed by atoms with Gasteiger partial charge >= 0.3 is 0 Å². The van der Waals surface area contributed by atoms with Gasteiger partial charge in [0.15, 0.2) is 5.82 Å². The van der Waals surface area contributed by atoms with E-state index in [1.165, 1.54) is 0 Å². The maximum atomic E-state index is 6.05. The van der Waals surface area contributed by atoms with Crippen molar-refractivity contribution in [3.63, 3.8) is 0 Å². The molecule has 0 radical (unpaired) electrons. The number of hydrogen-bond donors (Lipinski definition) is 1. The van der Waals surface area contributed by atoms with Gasteiger partial charge in [-0.05, 0) is 23.6 Å². The smallest absolute Gasteiger partial charge is 0.243 e. The average molecular weight is 246 g/mol. The van der Waals surface area contributed by atoms with Crippen LogP contribution in [-0.2, 0) is 6.42 Å². The summed E-state index contributed by atoms with van der Waals surface area (Å²) >= 11 is 0. The highest BCUT2D eigenvalue weighted by atomic mass is 16.5. The highest BCUT2D eigenvalue weighted by Crippen LogP contribution is 2.20. The molecule has 2 atom stereocenters. The van der Waals surface area contributed by atoms with Crippen LogP contribution in [0.15, 0.2) is 29.0 Å². The summed E-state index contributed by atoms with van der Waals surface area (Å²) in [7, 11) is 0. The second-order valence-electron chi connectivity index (χ2n) is 4.49. The van der Waals surface area contributed by atoms with Crippen LogP contribution in [0.2, 0.25) is 0 Å². The van der Waals surface area contributed by atoms with Crippen molar-refractivity contribution >= 4 is 0 Å². The molecule has 96 valence electrons. The molecular weight excluding hydrogens is 228 g/mol. The Morgan fingerprint density at radius 2 is 2.06 bits per heavy atom. The quantitative estimate of drug-likeness (QED) is 0.874. The highest BCUT2D eigenvalue weighted by Gasteiger charge is 2.19. The molecule has 0 aromatic carbocycles. The van der Waals surface area contributed by atoms with Gasteiger partial charge in [-0.2, -0.15) is 4.98 Å². The van der Waals surface area contributed by atoms with Crippen LogP contribution in [0.4, 0.5) is 0 Å². The lowest BCUT2D eigenvalue weighted by Crippen LogP contribution is -2.18. The molecule has 1 unspecified atom stereocenters. The van der Waals surface area contributed by atoms with Crippen molar-refractivity contribution in [2.75, 3.05) is 0 Å². The van der Waals surface area contributed by atoms with Crippen LogP contribution in [0.25, 0.3) is 0 Å². The van der Waals surface area contributed by atoms with Gasteiger partial charge in [0.2, 0.25) is 5.89 Å². The molecule has 5 heteroatoms. The second kappa shape index (κ2) is 5.73. The Kier molecular flexibility index (Phi) is 4.04. The molecule has 0 aliphatic heterocycles. The zero-order valence-corrected chi connectivity index (χ0v) is 10.7. The van der Waals surface area contributed by atoms with Gasteiger partial charge in [-0.1, -0.05) is 25.4 Å². The van der Waals surface area contributed by atoms with E-state index in [1.54, 1.807) is 12.4 Å². The third-order valence-electron chi connectivity index (χ3n) is 3.14. The summed E-state index contributed by atoms with van der Waals surface area (Å²) < 4.78 is 5.22. The fourth-order valence-electron chi connectivity index (χ4n) is 1.66. The van der Waals surface area contributed by atoms with E-state index in [9.17, 15) is 0 Å². The Labute approximate surface area is 106 Å². The molecule has 0 aliphatic carbocycles. The number of pyridine rings is 1. The summed E-state index contributed by atoms with van der Waals surface area (Å²) in [6.45, 7) is 4.18. The number of hydrogen-bond acceptors (Lipinski definition) is 5. The summed E-state index contributed by atoms with van der Waals surface area (Å²) in [6.07, 6.45) is 5.13. The molecule has 0 saturated heterocycles. The normalized spacial score (nSPS) is 14.4. The molecule has 0 amide bonds. The van der Waals surface area contributed by atoms with E-state index in [0.29, 0.717) is 24.1 Å². The van der Waals surface area contributed by atoms with Crippen molar-refractivity contribution in [2.45, 2.75) is 32.7 Å². The third kappa shape index (κ3) is 2.92. The fourth-order valence-corrected chi connectivity index (χ4v) is 1.66. The van der Waals surface area contributed by atoms with Crippen molar-refractivity contribution in [3.05, 3.63) is 41.8 Å². The second-order valence-corrected chi connectivity index (χ2v) is 4.49. The van der Waals surface area contributed by atoms with Crippen molar-refractivity contribution < 1.29 is 4.52 Å². The molecule has 2 heterocycles. The maximum Gasteiger partial charge on any atom is 0.243 e. The van der Waals surface area contributed by atoms with Crippen molar-refractivity contribution in [2.24, 2.45) is 11.7 Å². The van der Waals surface area contributed by atoms with Gasteiger partial charge in [-0.15, -0.1) is 0 Å². The van der Waals surface area contributed by atoms with Crippen LogP contribution in [0.3, 0.4) is 0 Å². The van der Waals surface area contributed by atoms with Crippen LogP contribution < -0.4 is 5.73 Å². The predicted octanol–water partition coefficient (Wildman–Crippen LogP) is 2.10. The lowest BCUT2D eigenvalue weighted by atomic mass is 10.0. The number of nitrogens with two attached hydrogens (primary N) is 1. The SMILES string of the molecule is CCC(C)[C@H](N)c1nc(Cc2ccncc2)no1. The molecule has 0 spiro atoms. The first-order chi connectivity index (χ1) is 8.70. The van der Waals surface area contributed by atoms with Crippen molar-refractivity contribution in [1.82, 2.24) is 15.1 Å². The monoisotopic (exact) mass is 246 g/mol. The van der Waals surface area contributed by atoms with E-state index < -0.39 is 0 Å². The summed E-state index contributed by atoms with van der Waals surface area (Å²) in [5.74, 6) is 1.52. The molecule has 2 aromatic rings. The molecule has 2 N–H and O–H groups in total. The molecule has 0 fully saturated rings. The molecule has 0 aliphatic rings. The highest BCUT2D eigenvalue weighted by molar-refractivity contribution is 5.14. The van der Waals surface area contributed by atoms with Gasteiger partial charge in [0.05, 0.1) is 6.04 Å². The predicted molar refractivity (Wildman–Crippen MR) is 67.7 cm³/mol. The average Bonchev–Trinajstić information content (AvgIpc) is 2.86. The summed E-state index contributed by atoms with van der Waals surface area (Å²) in [6, 6.07) is 3.68. The van der Waals surface area contributed by atoms with E-state index in [-0.39, 0.29) is 6.04 Å². The largest absolute Gasteiger partial charge is 0.338 e. The minimum absolute atomic E-state index is 0.186. The van der Waals surface area contributed by atoms with E-state index >= 15 is 0 Å². The number of nitrogens with zero attached hydrogens (tertiary/aromatic N) is 3. The molecule has 0 bridgehead atoms. The zero-order chi connectivity index (χ0) is 13.0. The molecule has 2 aromatic heterocycles. The Morgan fingerprint density at radius 1 is 1.33 bits per heavy atom. The molecule has 0 saturated carbocycles. The van der Waals surface area contributed by atoms with Gasteiger partial charge in [0.25, 0.3) is 0 Å². The number of aromatic nitrogens is 3. The first kappa shape index (κ1) is 12.7. The van der Waals surface area contributed by atoms with Crippen LogP contribution in [0, 0.1) is 5.92 Å². The topological polar surface area (TPSA) is 77.8 Å². The Bertz CT molecular complexity index is 483. The van der Waals surface area contributed by atoms with E-state index in [1.807, 2.05) is 12.1 Å². The van der Waals surface area contributed by atoms with Crippen LogP contribution in [0.5, 0.6) is 0 Å². The van der Waals surface area contributed by atoms with Crippen LogP contribution >= 0.6 is 0 Å². The Morgan fingerprint density at radius 3 is 2.72 bits per heavy atom. The van der Waals surface area contributed by atoms with Crippen LogP contribution in [0.1, 0.15) is 43.6 Å². The zero-order valence-electron chi connectivity index (χ0n) is 10.7. The van der Waals surface area contributed by atoms with Crippen molar-refractivity contribution in [1.29, 1.82) is 0 Å². The van der Waals surface area contributed by atoms with Crippen molar-refractivity contribution in [3.8, 4) is 0 Å². The minimum Gasteiger partial charge on any atom is -0.338 e. The summed E-state index contributed by atoms with van der Waals surface area (Å²) in [5, 5.41) is 3.96. The van der Waals surface area contributed by atoms with Gasteiger partial charge in [-0.3, -0.25) is 4.98 Å². The number of rotatable bonds is 5. The van der Waals surface area contributed by atoms with Gasteiger partial charge in [0.1, 0.15) is 0 Å². The summed E-state index contributed by atoms with van der Waals surface area (Å²) in [4.78, 5) is 8.32. The van der Waals surface area contributed by atoms with E-state index in [0.717, 1.165) is 12.0 Å². The molecule has 18 heavy (non-hydrogen) atoms. The van der Waals surface area contributed by atoms with Gasteiger partial charge in [0, 0.05) is 18.8 Å². The molecule has 5 nitrogen and oxygen atoms in total. The lowest BCUT2D eigenvalue weighted by molar-refractivity contribution is 0.310. The molecular formula is C13H18N4O. The van der Waals surface area contributed by atoms with Gasteiger partial charge in [-0.25, -0.2) is 0 Å². The Hall–Kier alpha value is -1.75. The summed E-state index contributed by atoms with van der Waals surface area (Å²) in [5.41, 5.74) is 7.16. The first-order valence-corrected chi connectivity index (χ1v) is 6.17.